The highest BCUT2D eigenvalue weighted by atomic mass is 15.0. The molecule has 0 bridgehead atoms. The molecule has 0 saturated heterocycles. The van der Waals surface area contributed by atoms with Crippen LogP contribution in [0.5, 0.6) is 0 Å². The van der Waals surface area contributed by atoms with Gasteiger partial charge in [-0.2, -0.15) is 0 Å². The van der Waals surface area contributed by atoms with Gasteiger partial charge in [0.15, 0.2) is 5.65 Å². The van der Waals surface area contributed by atoms with E-state index in [4.69, 9.17) is 5.73 Å². The Bertz CT molecular complexity index is 1150. The quantitative estimate of drug-likeness (QED) is 0.500. The average Bonchev–Trinajstić information content (AvgIpc) is 3.28. The van der Waals surface area contributed by atoms with Gasteiger partial charge in [-0.15, -0.1) is 0 Å². The van der Waals surface area contributed by atoms with Crippen LogP contribution in [0.2, 0.25) is 0 Å². The number of aryl methyl sites for hydroxylation is 3. The number of nitrogen functional groups attached to an aromatic ring is 1. The number of aromatic amines is 1. The molecule has 5 rings (SSSR count). The minimum Gasteiger partial charge on any atom is -0.384 e. The van der Waals surface area contributed by atoms with E-state index < -0.39 is 0 Å². The van der Waals surface area contributed by atoms with Crippen LogP contribution in [0.4, 0.5) is 11.5 Å². The van der Waals surface area contributed by atoms with Crippen molar-refractivity contribution in [3.05, 3.63) is 82.7 Å². The molecule has 1 atom stereocenters. The van der Waals surface area contributed by atoms with Crippen LogP contribution in [0, 0.1) is 6.92 Å². The number of anilines is 2. The Morgan fingerprint density at radius 2 is 1.82 bits per heavy atom. The van der Waals surface area contributed by atoms with Gasteiger partial charge < -0.3 is 16.0 Å². The summed E-state index contributed by atoms with van der Waals surface area (Å²) in [5.74, 6) is 1.36. The number of benzene rings is 2. The fourth-order valence-electron chi connectivity index (χ4n) is 4.11. The van der Waals surface area contributed by atoms with Crippen molar-refractivity contribution >= 4 is 22.7 Å². The summed E-state index contributed by atoms with van der Waals surface area (Å²) in [5.41, 5.74) is 14.1. The second-order valence-electron chi connectivity index (χ2n) is 7.54. The van der Waals surface area contributed by atoms with Crippen LogP contribution < -0.4 is 11.1 Å². The first-order valence-corrected chi connectivity index (χ1v) is 9.71. The van der Waals surface area contributed by atoms with Crippen LogP contribution in [-0.2, 0) is 19.3 Å². The van der Waals surface area contributed by atoms with Gasteiger partial charge in [0, 0.05) is 11.3 Å². The number of rotatable bonds is 4. The lowest BCUT2D eigenvalue weighted by Crippen LogP contribution is -2.08. The van der Waals surface area contributed by atoms with Crippen molar-refractivity contribution in [3.8, 4) is 0 Å². The maximum absolute atomic E-state index is 6.03. The third-order valence-corrected chi connectivity index (χ3v) is 5.47. The van der Waals surface area contributed by atoms with Gasteiger partial charge in [0.05, 0.1) is 11.6 Å². The topological polar surface area (TPSA) is 79.6 Å². The molecule has 4 aromatic rings. The van der Waals surface area contributed by atoms with E-state index >= 15 is 0 Å². The van der Waals surface area contributed by atoms with Crippen molar-refractivity contribution in [2.75, 3.05) is 11.1 Å². The fraction of sp³-hybridized carbons (Fsp3) is 0.217. The molecule has 2 aromatic carbocycles. The smallest absolute Gasteiger partial charge is 0.180 e. The van der Waals surface area contributed by atoms with E-state index in [1.54, 1.807) is 0 Å². The van der Waals surface area contributed by atoms with Crippen molar-refractivity contribution in [2.45, 2.75) is 32.2 Å². The summed E-state index contributed by atoms with van der Waals surface area (Å²) in [6.07, 6.45) is 3.05. The maximum Gasteiger partial charge on any atom is 0.180 e. The first-order chi connectivity index (χ1) is 13.7. The van der Waals surface area contributed by atoms with Crippen LogP contribution in [-0.4, -0.2) is 15.0 Å². The fourth-order valence-corrected chi connectivity index (χ4v) is 4.11. The van der Waals surface area contributed by atoms with Crippen LogP contribution in [0.3, 0.4) is 0 Å². The lowest BCUT2D eigenvalue weighted by molar-refractivity contribution is 0.827. The number of pyridine rings is 1. The Balaban J connectivity index is 1.39. The Morgan fingerprint density at radius 3 is 2.68 bits per heavy atom. The van der Waals surface area contributed by atoms with E-state index in [-0.39, 0.29) is 6.04 Å². The molecule has 1 aliphatic rings. The van der Waals surface area contributed by atoms with Gasteiger partial charge in [-0.1, -0.05) is 42.5 Å². The first kappa shape index (κ1) is 16.8. The molecular weight excluding hydrogens is 346 g/mol. The van der Waals surface area contributed by atoms with Crippen molar-refractivity contribution in [1.82, 2.24) is 15.0 Å². The summed E-state index contributed by atoms with van der Waals surface area (Å²) in [6, 6.07) is 19.6. The number of nitrogens with one attached hydrogen (secondary N) is 2. The zero-order valence-corrected chi connectivity index (χ0v) is 15.9. The van der Waals surface area contributed by atoms with Crippen LogP contribution in [0.25, 0.3) is 11.2 Å². The number of imidazole rings is 1. The minimum absolute atomic E-state index is 0.173. The van der Waals surface area contributed by atoms with Crippen LogP contribution in [0.15, 0.2) is 54.6 Å². The van der Waals surface area contributed by atoms with Gasteiger partial charge in [-0.3, -0.25) is 0 Å². The minimum atomic E-state index is 0.173. The molecule has 5 heteroatoms. The zero-order chi connectivity index (χ0) is 19.1. The maximum atomic E-state index is 6.03. The summed E-state index contributed by atoms with van der Waals surface area (Å²) in [5, 5.41) is 3.65. The molecule has 0 radical (unpaired) electrons. The lowest BCUT2D eigenvalue weighted by Gasteiger charge is -2.13. The Morgan fingerprint density at radius 1 is 1.00 bits per heavy atom. The van der Waals surface area contributed by atoms with Crippen molar-refractivity contribution in [2.24, 2.45) is 0 Å². The number of fused-ring (bicyclic) bond motifs is 2. The predicted octanol–water partition coefficient (Wildman–Crippen LogP) is 4.34. The van der Waals surface area contributed by atoms with Gasteiger partial charge in [-0.25, -0.2) is 9.97 Å². The molecule has 140 valence electrons. The van der Waals surface area contributed by atoms with Gasteiger partial charge in [-0.05, 0) is 55.0 Å². The van der Waals surface area contributed by atoms with E-state index in [1.165, 1.54) is 22.4 Å². The third-order valence-electron chi connectivity index (χ3n) is 5.47. The van der Waals surface area contributed by atoms with Gasteiger partial charge in [0.1, 0.15) is 11.6 Å². The molecule has 0 saturated carbocycles. The standard InChI is InChI=1S/C23H23N5/c1-14-25-22-18(13-21(24)28-23(22)26-14)20-12-17-11-16(9-10-19(17)27-20)8-7-15-5-3-2-4-6-15/h2-6,9-11,13,20,27H,7-8,12H2,1H3,(H3,24,25,26,28). The van der Waals surface area contributed by atoms with E-state index in [0.717, 1.165) is 36.2 Å². The average molecular weight is 369 g/mol. The molecule has 4 N–H and O–H groups in total. The number of hydrogen-bond acceptors (Lipinski definition) is 4. The van der Waals surface area contributed by atoms with Crippen LogP contribution in [0.1, 0.15) is 34.1 Å². The Kier molecular flexibility index (Phi) is 4.01. The molecule has 1 aliphatic heterocycles. The second-order valence-corrected chi connectivity index (χ2v) is 7.54. The number of nitrogens with zero attached hydrogens (tertiary/aromatic N) is 2. The predicted molar refractivity (Wildman–Crippen MR) is 113 cm³/mol. The summed E-state index contributed by atoms with van der Waals surface area (Å²) >= 11 is 0. The Labute approximate surface area is 164 Å². The van der Waals surface area contributed by atoms with Gasteiger partial charge in [0.2, 0.25) is 0 Å². The molecule has 1 unspecified atom stereocenters. The molecule has 3 heterocycles. The molecule has 0 amide bonds. The van der Waals surface area contributed by atoms with E-state index in [9.17, 15) is 0 Å². The summed E-state index contributed by atoms with van der Waals surface area (Å²) in [6.45, 7) is 1.94. The van der Waals surface area contributed by atoms with E-state index in [1.807, 2.05) is 13.0 Å². The van der Waals surface area contributed by atoms with Gasteiger partial charge in [0.25, 0.3) is 0 Å². The van der Waals surface area contributed by atoms with Crippen molar-refractivity contribution in [1.29, 1.82) is 0 Å². The molecular formula is C23H23N5. The summed E-state index contributed by atoms with van der Waals surface area (Å²) in [7, 11) is 0. The molecule has 2 aromatic heterocycles. The van der Waals surface area contributed by atoms with Gasteiger partial charge >= 0.3 is 0 Å². The molecule has 28 heavy (non-hydrogen) atoms. The third kappa shape index (κ3) is 3.09. The highest BCUT2D eigenvalue weighted by molar-refractivity contribution is 5.79. The summed E-state index contributed by atoms with van der Waals surface area (Å²) < 4.78 is 0. The number of H-pyrrole nitrogens is 1. The molecule has 5 nitrogen and oxygen atoms in total. The zero-order valence-electron chi connectivity index (χ0n) is 15.9. The molecule has 0 fully saturated rings. The summed E-state index contributed by atoms with van der Waals surface area (Å²) in [4.78, 5) is 12.1. The van der Waals surface area contributed by atoms with E-state index in [0.29, 0.717) is 11.5 Å². The highest BCUT2D eigenvalue weighted by Crippen LogP contribution is 2.37. The highest BCUT2D eigenvalue weighted by Gasteiger charge is 2.25. The second kappa shape index (κ2) is 6.68. The van der Waals surface area contributed by atoms with E-state index in [2.05, 4.69) is 68.8 Å². The normalized spacial score (nSPS) is 15.5. The SMILES string of the molecule is Cc1nc2nc(N)cc(C3Cc4cc(CCc5ccccc5)ccc4N3)c2[nH]1. The lowest BCUT2D eigenvalue weighted by atomic mass is 9.99. The van der Waals surface area contributed by atoms with Crippen molar-refractivity contribution < 1.29 is 0 Å². The monoisotopic (exact) mass is 369 g/mol. The molecule has 0 aliphatic carbocycles. The van der Waals surface area contributed by atoms with Crippen LogP contribution >= 0.6 is 0 Å². The number of hydrogen-bond donors (Lipinski definition) is 3. The van der Waals surface area contributed by atoms with Crippen molar-refractivity contribution in [3.63, 3.8) is 0 Å². The number of nitrogens with two attached hydrogens (primary N) is 1. The molecule has 0 spiro atoms. The number of aromatic nitrogens is 3. The largest absolute Gasteiger partial charge is 0.384 e. The first-order valence-electron chi connectivity index (χ1n) is 9.71. The Hall–Kier alpha value is -3.34.